The van der Waals surface area contributed by atoms with Gasteiger partial charge >= 0.3 is 17.9 Å². The number of carbonyl (C=O) groups excluding carboxylic acids is 2. The number of aliphatic carboxylic acids is 1. The van der Waals surface area contributed by atoms with E-state index in [1.807, 2.05) is 0 Å². The lowest BCUT2D eigenvalue weighted by Crippen LogP contribution is -2.21. The smallest absolute Gasteiger partial charge is 0.341 e. The minimum absolute atomic E-state index is 0.0907. The standard InChI is InChI=1S/C15H22O6/c1-11(15(19)20-10-13(16)17)9-14(18)21-12-7-5-3-2-4-6-8-12/h12H,1-10H2,(H,16,17). The fourth-order valence-electron chi connectivity index (χ4n) is 2.24. The largest absolute Gasteiger partial charge is 0.479 e. The average Bonchev–Trinajstić information content (AvgIpc) is 2.38. The summed E-state index contributed by atoms with van der Waals surface area (Å²) < 4.78 is 9.80. The summed E-state index contributed by atoms with van der Waals surface area (Å²) in [5.74, 6) is -2.65. The molecule has 0 atom stereocenters. The van der Waals surface area contributed by atoms with E-state index >= 15 is 0 Å². The maximum Gasteiger partial charge on any atom is 0.341 e. The normalized spacial score (nSPS) is 16.4. The Morgan fingerprint density at radius 1 is 1.05 bits per heavy atom. The number of hydrogen-bond acceptors (Lipinski definition) is 5. The Labute approximate surface area is 124 Å². The van der Waals surface area contributed by atoms with Crippen molar-refractivity contribution in [2.75, 3.05) is 6.61 Å². The average molecular weight is 298 g/mol. The molecule has 1 aliphatic rings. The van der Waals surface area contributed by atoms with Crippen LogP contribution in [0, 0.1) is 0 Å². The third-order valence-electron chi connectivity index (χ3n) is 3.32. The first-order valence-corrected chi connectivity index (χ1v) is 7.25. The van der Waals surface area contributed by atoms with Gasteiger partial charge in [0, 0.05) is 5.57 Å². The van der Waals surface area contributed by atoms with E-state index in [4.69, 9.17) is 9.84 Å². The molecule has 0 amide bonds. The monoisotopic (exact) mass is 298 g/mol. The molecule has 0 aromatic rings. The third-order valence-corrected chi connectivity index (χ3v) is 3.32. The number of carboxylic acids is 1. The molecule has 1 fully saturated rings. The van der Waals surface area contributed by atoms with E-state index in [9.17, 15) is 14.4 Å². The van der Waals surface area contributed by atoms with E-state index in [0.717, 1.165) is 38.5 Å². The minimum atomic E-state index is -1.26. The topological polar surface area (TPSA) is 89.9 Å². The molecule has 0 spiro atoms. The Balaban J connectivity index is 2.32. The van der Waals surface area contributed by atoms with Crippen molar-refractivity contribution in [3.63, 3.8) is 0 Å². The maximum atomic E-state index is 11.8. The summed E-state index contributed by atoms with van der Waals surface area (Å²) in [5, 5.41) is 8.39. The summed E-state index contributed by atoms with van der Waals surface area (Å²) in [6.07, 6.45) is 6.95. The Morgan fingerprint density at radius 2 is 1.62 bits per heavy atom. The fraction of sp³-hybridized carbons (Fsp3) is 0.667. The van der Waals surface area contributed by atoms with Gasteiger partial charge < -0.3 is 14.6 Å². The van der Waals surface area contributed by atoms with Gasteiger partial charge in [-0.05, 0) is 25.7 Å². The maximum absolute atomic E-state index is 11.8. The molecule has 0 aliphatic heterocycles. The molecule has 6 heteroatoms. The van der Waals surface area contributed by atoms with Crippen LogP contribution in [-0.2, 0) is 23.9 Å². The number of hydrogen-bond donors (Lipinski definition) is 1. The summed E-state index contributed by atoms with van der Waals surface area (Å²) in [7, 11) is 0. The highest BCUT2D eigenvalue weighted by molar-refractivity contribution is 5.94. The summed E-state index contributed by atoms with van der Waals surface area (Å²) in [6, 6.07) is 0. The summed E-state index contributed by atoms with van der Waals surface area (Å²) in [4.78, 5) is 33.4. The van der Waals surface area contributed by atoms with Gasteiger partial charge in [-0.1, -0.05) is 25.8 Å². The highest BCUT2D eigenvalue weighted by Crippen LogP contribution is 2.20. The van der Waals surface area contributed by atoms with Crippen molar-refractivity contribution in [2.45, 2.75) is 57.5 Å². The Hall–Kier alpha value is -1.85. The van der Waals surface area contributed by atoms with Crippen molar-refractivity contribution < 1.29 is 29.0 Å². The quantitative estimate of drug-likeness (QED) is 0.597. The lowest BCUT2D eigenvalue weighted by molar-refractivity contribution is -0.154. The molecule has 0 saturated heterocycles. The number of carboxylic acid groups (broad SMARTS) is 1. The lowest BCUT2D eigenvalue weighted by atomic mass is 9.98. The van der Waals surface area contributed by atoms with Crippen LogP contribution >= 0.6 is 0 Å². The van der Waals surface area contributed by atoms with E-state index in [2.05, 4.69) is 11.3 Å². The zero-order valence-corrected chi connectivity index (χ0v) is 12.1. The number of ether oxygens (including phenoxy) is 2. The molecule has 1 rings (SSSR count). The van der Waals surface area contributed by atoms with Gasteiger partial charge in [-0.25, -0.2) is 9.59 Å². The third kappa shape index (κ3) is 7.48. The number of carbonyl (C=O) groups is 3. The van der Waals surface area contributed by atoms with Crippen LogP contribution in [0.3, 0.4) is 0 Å². The van der Waals surface area contributed by atoms with E-state index < -0.39 is 24.5 Å². The molecule has 118 valence electrons. The highest BCUT2D eigenvalue weighted by Gasteiger charge is 2.19. The molecule has 1 aliphatic carbocycles. The second-order valence-electron chi connectivity index (χ2n) is 5.21. The summed E-state index contributed by atoms with van der Waals surface area (Å²) in [5.41, 5.74) is -0.0907. The highest BCUT2D eigenvalue weighted by atomic mass is 16.6. The van der Waals surface area contributed by atoms with Crippen LogP contribution in [0.25, 0.3) is 0 Å². The van der Waals surface area contributed by atoms with E-state index in [1.165, 1.54) is 6.42 Å². The second-order valence-corrected chi connectivity index (χ2v) is 5.21. The van der Waals surface area contributed by atoms with Crippen molar-refractivity contribution in [2.24, 2.45) is 0 Å². The first kappa shape index (κ1) is 17.2. The van der Waals surface area contributed by atoms with Crippen LogP contribution in [-0.4, -0.2) is 35.7 Å². The van der Waals surface area contributed by atoms with Gasteiger partial charge in [-0.3, -0.25) is 4.79 Å². The minimum Gasteiger partial charge on any atom is -0.479 e. The van der Waals surface area contributed by atoms with E-state index in [-0.39, 0.29) is 18.1 Å². The molecule has 0 heterocycles. The summed E-state index contributed by atoms with van der Waals surface area (Å²) >= 11 is 0. The second kappa shape index (κ2) is 9.15. The van der Waals surface area contributed by atoms with Gasteiger partial charge in [0.2, 0.25) is 0 Å². The van der Waals surface area contributed by atoms with E-state index in [0.29, 0.717) is 0 Å². The van der Waals surface area contributed by atoms with Crippen molar-refractivity contribution in [3.05, 3.63) is 12.2 Å². The van der Waals surface area contributed by atoms with Gasteiger partial charge in [0.1, 0.15) is 6.10 Å². The van der Waals surface area contributed by atoms with Crippen LogP contribution in [0.2, 0.25) is 0 Å². The first-order valence-electron chi connectivity index (χ1n) is 7.25. The molecule has 1 N–H and O–H groups in total. The molecule has 0 aromatic carbocycles. The molecule has 21 heavy (non-hydrogen) atoms. The van der Waals surface area contributed by atoms with Gasteiger partial charge in [-0.2, -0.15) is 0 Å². The van der Waals surface area contributed by atoms with Crippen molar-refractivity contribution in [3.8, 4) is 0 Å². The first-order chi connectivity index (χ1) is 9.99. The SMILES string of the molecule is C=C(CC(=O)OC1CCCCCCC1)C(=O)OCC(=O)O. The van der Waals surface area contributed by atoms with Crippen LogP contribution in [0.4, 0.5) is 0 Å². The molecule has 6 nitrogen and oxygen atoms in total. The number of esters is 2. The predicted octanol–water partition coefficient (Wildman–Crippen LogP) is 2.22. The van der Waals surface area contributed by atoms with Crippen molar-refractivity contribution in [1.29, 1.82) is 0 Å². The van der Waals surface area contributed by atoms with Crippen LogP contribution in [0.5, 0.6) is 0 Å². The fourth-order valence-corrected chi connectivity index (χ4v) is 2.24. The lowest BCUT2D eigenvalue weighted by Gasteiger charge is -2.20. The van der Waals surface area contributed by atoms with Gasteiger partial charge in [0.05, 0.1) is 6.42 Å². The van der Waals surface area contributed by atoms with Gasteiger partial charge in [-0.15, -0.1) is 0 Å². The Morgan fingerprint density at radius 3 is 2.19 bits per heavy atom. The number of rotatable bonds is 6. The molecule has 1 saturated carbocycles. The van der Waals surface area contributed by atoms with Crippen LogP contribution in [0.15, 0.2) is 12.2 Å². The van der Waals surface area contributed by atoms with Crippen molar-refractivity contribution in [1.82, 2.24) is 0 Å². The van der Waals surface area contributed by atoms with Gasteiger partial charge in [0.25, 0.3) is 0 Å². The zero-order chi connectivity index (χ0) is 15.7. The Bertz CT molecular complexity index is 393. The van der Waals surface area contributed by atoms with Crippen LogP contribution in [0.1, 0.15) is 51.4 Å². The molecular formula is C15H22O6. The molecule has 0 bridgehead atoms. The van der Waals surface area contributed by atoms with Crippen molar-refractivity contribution >= 4 is 17.9 Å². The van der Waals surface area contributed by atoms with Gasteiger partial charge in [0.15, 0.2) is 6.61 Å². The summed E-state index contributed by atoms with van der Waals surface area (Å²) in [6.45, 7) is 2.69. The molecule has 0 radical (unpaired) electrons. The van der Waals surface area contributed by atoms with Crippen LogP contribution < -0.4 is 0 Å². The molecule has 0 unspecified atom stereocenters. The molecular weight excluding hydrogens is 276 g/mol. The predicted molar refractivity (Wildman–Crippen MR) is 74.6 cm³/mol. The van der Waals surface area contributed by atoms with E-state index in [1.54, 1.807) is 0 Å². The Kier molecular flexibility index (Phi) is 7.50. The zero-order valence-electron chi connectivity index (χ0n) is 12.1. The molecule has 0 aromatic heterocycles.